The average molecular weight is 462 g/mol. The molecule has 2 aliphatic heterocycles. The first-order valence-electron chi connectivity index (χ1n) is 10.2. The van der Waals surface area contributed by atoms with Crippen molar-refractivity contribution in [1.82, 2.24) is 14.5 Å². The second-order valence-corrected chi connectivity index (χ2v) is 9.93. The maximum Gasteiger partial charge on any atom is 0.416 e. The van der Waals surface area contributed by atoms with Crippen LogP contribution in [-0.2, 0) is 25.8 Å². The van der Waals surface area contributed by atoms with Crippen molar-refractivity contribution >= 4 is 21.8 Å². The molecule has 3 rings (SSSR count). The summed E-state index contributed by atoms with van der Waals surface area (Å²) in [5.74, 6) is -0.477. The van der Waals surface area contributed by atoms with Gasteiger partial charge in [-0.3, -0.25) is 9.59 Å². The van der Waals surface area contributed by atoms with Crippen LogP contribution in [0.4, 0.5) is 13.2 Å². The maximum atomic E-state index is 12.9. The molecule has 172 valence electrons. The van der Waals surface area contributed by atoms with Crippen LogP contribution in [0.25, 0.3) is 0 Å². The third-order valence-corrected chi connectivity index (χ3v) is 7.81. The quantitative estimate of drug-likeness (QED) is 0.745. The smallest absolute Gasteiger partial charge is 0.353 e. The fourth-order valence-electron chi connectivity index (χ4n) is 4.00. The number of hydrogen-bond donors (Lipinski definition) is 1. The van der Waals surface area contributed by atoms with Gasteiger partial charge in [0.25, 0.3) is 0 Å². The Balaban J connectivity index is 1.55. The number of rotatable bonds is 4. The summed E-state index contributed by atoms with van der Waals surface area (Å²) in [4.78, 5) is 25.3. The van der Waals surface area contributed by atoms with E-state index < -0.39 is 26.7 Å². The maximum absolute atomic E-state index is 12.9. The highest BCUT2D eigenvalue weighted by Gasteiger charge is 2.35. The molecule has 0 bridgehead atoms. The van der Waals surface area contributed by atoms with Gasteiger partial charge in [0.15, 0.2) is 0 Å². The van der Waals surface area contributed by atoms with E-state index in [-0.39, 0.29) is 36.9 Å². The van der Waals surface area contributed by atoms with Crippen LogP contribution in [0.2, 0.25) is 0 Å². The van der Waals surface area contributed by atoms with Crippen LogP contribution in [0.3, 0.4) is 0 Å². The lowest BCUT2D eigenvalue weighted by Crippen LogP contribution is -2.49. The van der Waals surface area contributed by atoms with E-state index in [9.17, 15) is 31.2 Å². The molecule has 0 aliphatic carbocycles. The van der Waals surface area contributed by atoms with E-state index in [1.54, 1.807) is 4.90 Å². The number of nitrogens with one attached hydrogen (secondary N) is 1. The molecule has 2 amide bonds. The third-order valence-electron chi connectivity index (χ3n) is 5.91. The molecule has 0 atom stereocenters. The zero-order valence-corrected chi connectivity index (χ0v) is 18.0. The average Bonchev–Trinajstić information content (AvgIpc) is 2.73. The molecule has 1 aromatic rings. The molecule has 2 heterocycles. The number of hydrogen-bond acceptors (Lipinski definition) is 4. The molecule has 1 N–H and O–H groups in total. The fraction of sp³-hybridized carbons (Fsp3) is 0.600. The Bertz CT molecular complexity index is 920. The third kappa shape index (κ3) is 5.57. The van der Waals surface area contributed by atoms with E-state index in [0.29, 0.717) is 44.8 Å². The number of alkyl halides is 3. The van der Waals surface area contributed by atoms with Gasteiger partial charge in [-0.2, -0.15) is 17.5 Å². The largest absolute Gasteiger partial charge is 0.416 e. The number of sulfonamides is 1. The van der Waals surface area contributed by atoms with Crippen molar-refractivity contribution in [2.24, 2.45) is 5.92 Å². The Hall–Kier alpha value is -2.14. The van der Waals surface area contributed by atoms with Crippen LogP contribution in [0.15, 0.2) is 29.2 Å². The van der Waals surface area contributed by atoms with Crippen LogP contribution in [-0.4, -0.2) is 61.7 Å². The second-order valence-electron chi connectivity index (χ2n) is 7.99. The minimum absolute atomic E-state index is 0.0131. The van der Waals surface area contributed by atoms with E-state index in [2.05, 4.69) is 5.32 Å². The van der Waals surface area contributed by atoms with Crippen molar-refractivity contribution < 1.29 is 31.2 Å². The number of likely N-dealkylation sites (tertiary alicyclic amines) is 1. The highest BCUT2D eigenvalue weighted by atomic mass is 32.2. The summed E-state index contributed by atoms with van der Waals surface area (Å²) < 4.78 is 65.4. The lowest BCUT2D eigenvalue weighted by molar-refractivity contribution is -0.137. The van der Waals surface area contributed by atoms with Gasteiger partial charge >= 0.3 is 6.18 Å². The summed E-state index contributed by atoms with van der Waals surface area (Å²) >= 11 is 0. The first kappa shape index (κ1) is 23.5. The van der Waals surface area contributed by atoms with Crippen LogP contribution >= 0.6 is 0 Å². The fourth-order valence-corrected chi connectivity index (χ4v) is 5.51. The molecule has 0 saturated carbocycles. The van der Waals surface area contributed by atoms with Gasteiger partial charge < -0.3 is 10.2 Å². The standard InChI is InChI=1S/C20H26F3N3O4S/c1-14(27)25-9-7-17(8-10-25)24-19(28)15-5-11-26(12-6-15)31(29,30)18-4-2-3-16(13-18)20(21,22)23/h2-4,13,15,17H,5-12H2,1H3,(H,24,28). The van der Waals surface area contributed by atoms with Crippen molar-refractivity contribution in [3.63, 3.8) is 0 Å². The molecule has 2 fully saturated rings. The number of halogens is 3. The van der Waals surface area contributed by atoms with Crippen molar-refractivity contribution in [2.75, 3.05) is 26.2 Å². The lowest BCUT2D eigenvalue weighted by atomic mass is 9.96. The van der Waals surface area contributed by atoms with Crippen LogP contribution in [0, 0.1) is 5.92 Å². The molecule has 7 nitrogen and oxygen atoms in total. The summed E-state index contributed by atoms with van der Waals surface area (Å²) in [5.41, 5.74) is -1.02. The van der Waals surface area contributed by atoms with E-state index >= 15 is 0 Å². The van der Waals surface area contributed by atoms with Gasteiger partial charge in [0, 0.05) is 45.1 Å². The highest BCUT2D eigenvalue weighted by molar-refractivity contribution is 7.89. The lowest BCUT2D eigenvalue weighted by Gasteiger charge is -2.34. The summed E-state index contributed by atoms with van der Waals surface area (Å²) in [6, 6.07) is 3.68. The molecule has 0 aromatic heterocycles. The van der Waals surface area contributed by atoms with Crippen molar-refractivity contribution in [1.29, 1.82) is 0 Å². The number of benzene rings is 1. The minimum atomic E-state index is -4.63. The Kier molecular flexibility index (Phi) is 6.95. The zero-order valence-electron chi connectivity index (χ0n) is 17.2. The minimum Gasteiger partial charge on any atom is -0.353 e. The van der Waals surface area contributed by atoms with E-state index in [1.165, 1.54) is 6.92 Å². The van der Waals surface area contributed by atoms with E-state index in [1.807, 2.05) is 0 Å². The number of amides is 2. The highest BCUT2D eigenvalue weighted by Crippen LogP contribution is 2.32. The van der Waals surface area contributed by atoms with Crippen molar-refractivity contribution in [3.05, 3.63) is 29.8 Å². The Morgan fingerprint density at radius 3 is 2.19 bits per heavy atom. The van der Waals surface area contributed by atoms with Crippen LogP contribution < -0.4 is 5.32 Å². The number of nitrogens with zero attached hydrogens (tertiary/aromatic N) is 2. The first-order valence-corrected chi connectivity index (χ1v) is 11.7. The molecule has 0 spiro atoms. The summed E-state index contributed by atoms with van der Waals surface area (Å²) in [6.45, 7) is 2.83. The zero-order chi connectivity index (χ0) is 22.8. The molecule has 11 heteroatoms. The molecular weight excluding hydrogens is 435 g/mol. The van der Waals surface area contributed by atoms with E-state index in [0.717, 1.165) is 22.5 Å². The monoisotopic (exact) mass is 461 g/mol. The molecule has 2 saturated heterocycles. The molecule has 2 aliphatic rings. The van der Waals surface area contributed by atoms with Gasteiger partial charge in [-0.15, -0.1) is 0 Å². The topological polar surface area (TPSA) is 86.8 Å². The van der Waals surface area contributed by atoms with Gasteiger partial charge in [0.2, 0.25) is 21.8 Å². The van der Waals surface area contributed by atoms with Gasteiger partial charge in [-0.05, 0) is 43.9 Å². The molecular formula is C20H26F3N3O4S. The molecule has 0 radical (unpaired) electrons. The van der Waals surface area contributed by atoms with Crippen molar-refractivity contribution in [2.45, 2.75) is 49.7 Å². The summed E-state index contributed by atoms with van der Waals surface area (Å²) in [6.07, 6.45) is -2.67. The summed E-state index contributed by atoms with van der Waals surface area (Å²) in [5, 5.41) is 2.99. The van der Waals surface area contributed by atoms with Crippen LogP contribution in [0.5, 0.6) is 0 Å². The SMILES string of the molecule is CC(=O)N1CCC(NC(=O)C2CCN(S(=O)(=O)c3cccc(C(F)(F)F)c3)CC2)CC1. The number of piperidine rings is 2. The second kappa shape index (κ2) is 9.15. The predicted molar refractivity (Wildman–Crippen MR) is 106 cm³/mol. The molecule has 0 unspecified atom stereocenters. The van der Waals surface area contributed by atoms with Crippen LogP contribution in [0.1, 0.15) is 38.2 Å². The van der Waals surface area contributed by atoms with E-state index in [4.69, 9.17) is 0 Å². The van der Waals surface area contributed by atoms with Gasteiger partial charge in [-0.25, -0.2) is 8.42 Å². The Morgan fingerprint density at radius 1 is 1.03 bits per heavy atom. The van der Waals surface area contributed by atoms with Gasteiger partial charge in [0.1, 0.15) is 0 Å². The van der Waals surface area contributed by atoms with Gasteiger partial charge in [0.05, 0.1) is 10.5 Å². The van der Waals surface area contributed by atoms with Crippen molar-refractivity contribution in [3.8, 4) is 0 Å². The van der Waals surface area contributed by atoms with Gasteiger partial charge in [-0.1, -0.05) is 6.07 Å². The normalized spacial score (nSPS) is 19.9. The number of carbonyl (C=O) groups is 2. The number of carbonyl (C=O) groups excluding carboxylic acids is 2. The Morgan fingerprint density at radius 2 is 1.65 bits per heavy atom. The Labute approximate surface area is 179 Å². The molecule has 1 aromatic carbocycles. The first-order chi connectivity index (χ1) is 14.5. The predicted octanol–water partition coefficient (Wildman–Crippen LogP) is 2.23. The summed E-state index contributed by atoms with van der Waals surface area (Å²) in [7, 11) is -4.07. The molecule has 31 heavy (non-hydrogen) atoms.